The van der Waals surface area contributed by atoms with Crippen molar-refractivity contribution in [3.63, 3.8) is 0 Å². The second-order valence-electron chi connectivity index (χ2n) is 5.55. The maximum absolute atomic E-state index is 11.5. The first kappa shape index (κ1) is 17.7. The van der Waals surface area contributed by atoms with Crippen LogP contribution >= 0.6 is 0 Å². The molecule has 6 heteroatoms. The SMILES string of the molecule is CCOC(=O)CN(C)C[C@@H](C)NC(=O)OC(C)(C)C. The maximum Gasteiger partial charge on any atom is 0.407 e. The summed E-state index contributed by atoms with van der Waals surface area (Å²) in [5.74, 6) is -0.269. The fourth-order valence-corrected chi connectivity index (χ4v) is 1.51. The van der Waals surface area contributed by atoms with Crippen LogP contribution in [0.5, 0.6) is 0 Å². The highest BCUT2D eigenvalue weighted by atomic mass is 16.6. The minimum absolute atomic E-state index is 0.116. The van der Waals surface area contributed by atoms with E-state index in [1.807, 2.05) is 27.7 Å². The van der Waals surface area contributed by atoms with Crippen molar-refractivity contribution in [2.24, 2.45) is 0 Å². The lowest BCUT2D eigenvalue weighted by molar-refractivity contribution is -0.144. The minimum Gasteiger partial charge on any atom is -0.465 e. The number of hydrogen-bond acceptors (Lipinski definition) is 5. The average molecular weight is 274 g/mol. The Hall–Kier alpha value is -1.30. The first-order valence-electron chi connectivity index (χ1n) is 6.47. The molecule has 6 nitrogen and oxygen atoms in total. The minimum atomic E-state index is -0.513. The number of nitrogens with zero attached hydrogens (tertiary/aromatic N) is 1. The topological polar surface area (TPSA) is 67.9 Å². The highest BCUT2D eigenvalue weighted by molar-refractivity contribution is 5.71. The Balaban J connectivity index is 4.00. The van der Waals surface area contributed by atoms with E-state index >= 15 is 0 Å². The van der Waals surface area contributed by atoms with Crippen LogP contribution in [0.25, 0.3) is 0 Å². The summed E-state index contributed by atoms with van der Waals surface area (Å²) in [4.78, 5) is 24.6. The Labute approximate surface area is 115 Å². The summed E-state index contributed by atoms with van der Waals surface area (Å²) in [6.07, 6.45) is -0.454. The molecule has 0 rings (SSSR count). The number of esters is 1. The summed E-state index contributed by atoms with van der Waals surface area (Å²) >= 11 is 0. The van der Waals surface area contributed by atoms with E-state index in [1.165, 1.54) is 0 Å². The first-order valence-corrected chi connectivity index (χ1v) is 6.47. The van der Waals surface area contributed by atoms with Gasteiger partial charge in [-0.25, -0.2) is 4.79 Å². The normalized spacial score (nSPS) is 13.0. The van der Waals surface area contributed by atoms with E-state index in [9.17, 15) is 9.59 Å². The van der Waals surface area contributed by atoms with Crippen molar-refractivity contribution in [3.8, 4) is 0 Å². The van der Waals surface area contributed by atoms with E-state index < -0.39 is 11.7 Å². The molecular formula is C13H26N2O4. The van der Waals surface area contributed by atoms with Gasteiger partial charge in [0.25, 0.3) is 0 Å². The number of alkyl carbamates (subject to hydrolysis) is 1. The number of carbonyl (C=O) groups is 2. The zero-order chi connectivity index (χ0) is 15.1. The second-order valence-corrected chi connectivity index (χ2v) is 5.55. The highest BCUT2D eigenvalue weighted by Gasteiger charge is 2.18. The fourth-order valence-electron chi connectivity index (χ4n) is 1.51. The molecule has 0 spiro atoms. The van der Waals surface area contributed by atoms with Crippen molar-refractivity contribution in [2.75, 3.05) is 26.7 Å². The van der Waals surface area contributed by atoms with Crippen LogP contribution in [0.4, 0.5) is 4.79 Å². The number of ether oxygens (including phenoxy) is 2. The number of rotatable bonds is 6. The zero-order valence-electron chi connectivity index (χ0n) is 12.8. The van der Waals surface area contributed by atoms with Gasteiger partial charge in [-0.15, -0.1) is 0 Å². The van der Waals surface area contributed by atoms with Crippen LogP contribution < -0.4 is 5.32 Å². The van der Waals surface area contributed by atoms with Crippen molar-refractivity contribution < 1.29 is 19.1 Å². The van der Waals surface area contributed by atoms with Crippen molar-refractivity contribution in [1.29, 1.82) is 0 Å². The molecular weight excluding hydrogens is 248 g/mol. The predicted octanol–water partition coefficient (Wildman–Crippen LogP) is 1.39. The molecule has 0 radical (unpaired) electrons. The summed E-state index contributed by atoms with van der Waals surface area (Å²) in [5, 5.41) is 2.72. The fraction of sp³-hybridized carbons (Fsp3) is 0.846. The van der Waals surface area contributed by atoms with Gasteiger partial charge in [-0.05, 0) is 41.7 Å². The van der Waals surface area contributed by atoms with Gasteiger partial charge in [0.05, 0.1) is 13.2 Å². The molecule has 0 aromatic heterocycles. The maximum atomic E-state index is 11.5. The number of likely N-dealkylation sites (N-methyl/N-ethyl adjacent to an activating group) is 1. The van der Waals surface area contributed by atoms with Gasteiger partial charge in [0.15, 0.2) is 0 Å². The van der Waals surface area contributed by atoms with Gasteiger partial charge in [-0.1, -0.05) is 0 Å². The lowest BCUT2D eigenvalue weighted by Crippen LogP contribution is -2.44. The van der Waals surface area contributed by atoms with Crippen LogP contribution in [-0.2, 0) is 14.3 Å². The number of amides is 1. The van der Waals surface area contributed by atoms with E-state index in [0.29, 0.717) is 13.2 Å². The standard InChI is InChI=1S/C13H26N2O4/c1-7-18-11(16)9-15(6)8-10(2)14-12(17)19-13(3,4)5/h10H,7-9H2,1-6H3,(H,14,17)/t10-/m1/s1. The van der Waals surface area contributed by atoms with Crippen LogP contribution in [0.3, 0.4) is 0 Å². The summed E-state index contributed by atoms with van der Waals surface area (Å²) in [6.45, 7) is 10.2. The van der Waals surface area contributed by atoms with Gasteiger partial charge >= 0.3 is 12.1 Å². The average Bonchev–Trinajstić information content (AvgIpc) is 2.12. The van der Waals surface area contributed by atoms with Gasteiger partial charge in [0, 0.05) is 12.6 Å². The van der Waals surface area contributed by atoms with E-state index in [2.05, 4.69) is 5.32 Å². The van der Waals surface area contributed by atoms with Gasteiger partial charge in [0.1, 0.15) is 5.60 Å². The van der Waals surface area contributed by atoms with Gasteiger partial charge in [-0.2, -0.15) is 0 Å². The molecule has 0 fully saturated rings. The van der Waals surface area contributed by atoms with Gasteiger partial charge in [0.2, 0.25) is 0 Å². The molecule has 0 bridgehead atoms. The summed E-state index contributed by atoms with van der Waals surface area (Å²) in [6, 6.07) is -0.116. The highest BCUT2D eigenvalue weighted by Crippen LogP contribution is 2.06. The van der Waals surface area contributed by atoms with E-state index in [-0.39, 0.29) is 18.6 Å². The van der Waals surface area contributed by atoms with Crippen LogP contribution in [0.15, 0.2) is 0 Å². The van der Waals surface area contributed by atoms with Gasteiger partial charge < -0.3 is 14.8 Å². The monoisotopic (exact) mass is 274 g/mol. The number of hydrogen-bond donors (Lipinski definition) is 1. The number of carbonyl (C=O) groups excluding carboxylic acids is 2. The molecule has 0 aromatic rings. The van der Waals surface area contributed by atoms with E-state index in [4.69, 9.17) is 9.47 Å². The third kappa shape index (κ3) is 10.3. The lowest BCUT2D eigenvalue weighted by Gasteiger charge is -2.24. The Morgan fingerprint density at radius 3 is 2.37 bits per heavy atom. The van der Waals surface area contributed by atoms with Crippen molar-refractivity contribution >= 4 is 12.1 Å². The van der Waals surface area contributed by atoms with Crippen LogP contribution in [0.2, 0.25) is 0 Å². The molecule has 1 amide bonds. The molecule has 0 saturated carbocycles. The van der Waals surface area contributed by atoms with Crippen LogP contribution in [0, 0.1) is 0 Å². The number of nitrogens with one attached hydrogen (secondary N) is 1. The molecule has 1 N–H and O–H groups in total. The molecule has 1 atom stereocenters. The Morgan fingerprint density at radius 2 is 1.89 bits per heavy atom. The third-order valence-corrected chi connectivity index (χ3v) is 2.05. The van der Waals surface area contributed by atoms with E-state index in [1.54, 1.807) is 18.9 Å². The van der Waals surface area contributed by atoms with Crippen molar-refractivity contribution in [1.82, 2.24) is 10.2 Å². The van der Waals surface area contributed by atoms with Crippen LogP contribution in [0.1, 0.15) is 34.6 Å². The molecule has 0 saturated heterocycles. The molecule has 0 unspecified atom stereocenters. The molecule has 0 aliphatic heterocycles. The Kier molecular flexibility index (Phi) is 7.44. The molecule has 0 aliphatic rings. The van der Waals surface area contributed by atoms with Crippen molar-refractivity contribution in [2.45, 2.75) is 46.3 Å². The van der Waals surface area contributed by atoms with E-state index in [0.717, 1.165) is 0 Å². The molecule has 0 heterocycles. The Bertz CT molecular complexity index is 300. The zero-order valence-corrected chi connectivity index (χ0v) is 12.8. The molecule has 0 aromatic carbocycles. The second kappa shape index (κ2) is 7.99. The third-order valence-electron chi connectivity index (χ3n) is 2.05. The summed E-state index contributed by atoms with van der Waals surface area (Å²) < 4.78 is 10.00. The smallest absolute Gasteiger partial charge is 0.407 e. The van der Waals surface area contributed by atoms with Crippen molar-refractivity contribution in [3.05, 3.63) is 0 Å². The first-order chi connectivity index (χ1) is 8.64. The molecule has 0 aliphatic carbocycles. The predicted molar refractivity (Wildman–Crippen MR) is 73.0 cm³/mol. The van der Waals surface area contributed by atoms with Crippen LogP contribution in [-0.4, -0.2) is 55.3 Å². The lowest BCUT2D eigenvalue weighted by atomic mass is 10.2. The van der Waals surface area contributed by atoms with Gasteiger partial charge in [-0.3, -0.25) is 9.69 Å². The summed E-state index contributed by atoms with van der Waals surface area (Å²) in [7, 11) is 1.80. The molecule has 112 valence electrons. The quantitative estimate of drug-likeness (QED) is 0.741. The Morgan fingerprint density at radius 1 is 1.32 bits per heavy atom. The summed E-state index contributed by atoms with van der Waals surface area (Å²) in [5.41, 5.74) is -0.513. The molecule has 19 heavy (non-hydrogen) atoms. The largest absolute Gasteiger partial charge is 0.465 e.